The van der Waals surface area contributed by atoms with Crippen molar-refractivity contribution in [3.8, 4) is 0 Å². The minimum absolute atomic E-state index is 0.00326. The number of nitrogens with zero attached hydrogens (tertiary/aromatic N) is 2. The normalized spacial score (nSPS) is 24.4. The molecule has 1 atom stereocenters. The van der Waals surface area contributed by atoms with Crippen LogP contribution in [0, 0.1) is 0 Å². The molecule has 0 aliphatic carbocycles. The van der Waals surface area contributed by atoms with E-state index in [0.717, 1.165) is 30.5 Å². The molecule has 1 aromatic rings. The van der Waals surface area contributed by atoms with E-state index < -0.39 is 0 Å². The van der Waals surface area contributed by atoms with Crippen LogP contribution in [-0.2, 0) is 11.3 Å². The first-order valence-corrected chi connectivity index (χ1v) is 6.05. The molecule has 0 aromatic carbocycles. The minimum Gasteiger partial charge on any atom is -0.369 e. The molecule has 1 aliphatic rings. The fourth-order valence-electron chi connectivity index (χ4n) is 1.26. The quantitative estimate of drug-likeness (QED) is 0.601. The van der Waals surface area contributed by atoms with Crippen LogP contribution in [0.25, 0.3) is 0 Å². The predicted octanol–water partition coefficient (Wildman–Crippen LogP) is 0.862. The van der Waals surface area contributed by atoms with Crippen molar-refractivity contribution in [2.24, 2.45) is 0 Å². The molecule has 0 radical (unpaired) electrons. The maximum absolute atomic E-state index is 11.4. The summed E-state index contributed by atoms with van der Waals surface area (Å²) in [5.41, 5.74) is -0.127. The lowest BCUT2D eigenvalue weighted by Crippen LogP contribution is -2.18. The van der Waals surface area contributed by atoms with E-state index in [-0.39, 0.29) is 11.3 Å². The molecule has 1 aromatic heterocycles. The molecule has 0 saturated carbocycles. The minimum atomic E-state index is -0.124. The zero-order chi connectivity index (χ0) is 10.9. The highest BCUT2D eigenvalue weighted by molar-refractivity contribution is 7.99. The molecule has 1 N–H and O–H groups in total. The average Bonchev–Trinajstić information content (AvgIpc) is 2.84. The monoisotopic (exact) mass is 229 g/mol. The second-order valence-electron chi connectivity index (χ2n) is 3.99. The van der Waals surface area contributed by atoms with Crippen molar-refractivity contribution in [2.75, 3.05) is 12.4 Å². The van der Waals surface area contributed by atoms with Crippen molar-refractivity contribution in [3.63, 3.8) is 0 Å². The van der Waals surface area contributed by atoms with Crippen LogP contribution in [0.5, 0.6) is 0 Å². The van der Waals surface area contributed by atoms with E-state index in [0.29, 0.717) is 0 Å². The third-order valence-electron chi connectivity index (χ3n) is 2.31. The van der Waals surface area contributed by atoms with Crippen LogP contribution < -0.4 is 5.69 Å². The molecule has 6 heteroatoms. The first-order valence-electron chi connectivity index (χ1n) is 5.06. The average molecular weight is 229 g/mol. The molecule has 0 amide bonds. The van der Waals surface area contributed by atoms with Gasteiger partial charge in [-0.25, -0.2) is 9.89 Å². The van der Waals surface area contributed by atoms with Crippen LogP contribution in [0.15, 0.2) is 9.95 Å². The van der Waals surface area contributed by atoms with Gasteiger partial charge in [0, 0.05) is 12.3 Å². The Morgan fingerprint density at radius 2 is 2.47 bits per heavy atom. The molecule has 15 heavy (non-hydrogen) atoms. The highest BCUT2D eigenvalue weighted by Gasteiger charge is 2.39. The van der Waals surface area contributed by atoms with E-state index >= 15 is 0 Å². The maximum Gasteiger partial charge on any atom is 0.343 e. The number of hydrogen-bond acceptors (Lipinski definition) is 4. The number of nitrogens with one attached hydrogen (secondary N) is 1. The molecule has 0 spiro atoms. The Balaban J connectivity index is 2.03. The van der Waals surface area contributed by atoms with Gasteiger partial charge in [0.25, 0.3) is 0 Å². The summed E-state index contributed by atoms with van der Waals surface area (Å²) in [5.74, 6) is 0.848. The number of aromatic amines is 1. The predicted molar refractivity (Wildman–Crippen MR) is 58.2 cm³/mol. The summed E-state index contributed by atoms with van der Waals surface area (Å²) in [5, 5.41) is 7.24. The van der Waals surface area contributed by atoms with Gasteiger partial charge >= 0.3 is 5.69 Å². The smallest absolute Gasteiger partial charge is 0.343 e. The van der Waals surface area contributed by atoms with Gasteiger partial charge in [0.1, 0.15) is 0 Å². The number of thioether (sulfide) groups is 1. The zero-order valence-electron chi connectivity index (χ0n) is 8.95. The molecule has 0 bridgehead atoms. The maximum atomic E-state index is 11.4. The Bertz CT molecular complexity index is 394. The molecule has 84 valence electrons. The number of ether oxygens (including phenoxy) is 1. The number of H-pyrrole nitrogens is 1. The van der Waals surface area contributed by atoms with E-state index in [1.807, 2.05) is 6.92 Å². The van der Waals surface area contributed by atoms with Crippen LogP contribution >= 0.6 is 11.8 Å². The van der Waals surface area contributed by atoms with E-state index in [1.165, 1.54) is 0 Å². The number of hydrogen-bond donors (Lipinski definition) is 1. The number of epoxide rings is 1. The lowest BCUT2D eigenvalue weighted by Gasteiger charge is -2.05. The Labute approximate surface area is 92.2 Å². The molecule has 1 fully saturated rings. The Kier molecular flexibility index (Phi) is 2.88. The molecular formula is C9H15N3O2S. The molecule has 1 aliphatic heterocycles. The molecular weight excluding hydrogens is 214 g/mol. The lowest BCUT2D eigenvalue weighted by molar-refractivity contribution is 0.348. The summed E-state index contributed by atoms with van der Waals surface area (Å²) in [4.78, 5) is 11.4. The van der Waals surface area contributed by atoms with Crippen LogP contribution in [0.4, 0.5) is 0 Å². The van der Waals surface area contributed by atoms with Gasteiger partial charge in [-0.05, 0) is 13.3 Å². The molecule has 2 heterocycles. The standard InChI is InChI=1S/C9H15N3O2S/c1-3-4-12-7(13)10-11-8(12)15-6-9(2)5-14-9/h3-6H2,1-2H3,(H,10,13). The van der Waals surface area contributed by atoms with Gasteiger partial charge in [0.2, 0.25) is 0 Å². The van der Waals surface area contributed by atoms with Crippen LogP contribution in [0.1, 0.15) is 20.3 Å². The second kappa shape index (κ2) is 4.02. The fourth-order valence-corrected chi connectivity index (χ4v) is 2.30. The van der Waals surface area contributed by atoms with Crippen LogP contribution in [0.3, 0.4) is 0 Å². The second-order valence-corrected chi connectivity index (χ2v) is 4.93. The third-order valence-corrected chi connectivity index (χ3v) is 3.64. The number of aromatic nitrogens is 3. The third kappa shape index (κ3) is 2.43. The van der Waals surface area contributed by atoms with Gasteiger partial charge in [-0.3, -0.25) is 4.57 Å². The van der Waals surface area contributed by atoms with Crippen LogP contribution in [0.2, 0.25) is 0 Å². The highest BCUT2D eigenvalue weighted by Crippen LogP contribution is 2.32. The summed E-state index contributed by atoms with van der Waals surface area (Å²) in [6, 6.07) is 0. The van der Waals surface area contributed by atoms with Gasteiger partial charge in [0.05, 0.1) is 12.2 Å². The molecule has 2 rings (SSSR count). The van der Waals surface area contributed by atoms with Gasteiger partial charge < -0.3 is 4.74 Å². The first kappa shape index (κ1) is 10.8. The van der Waals surface area contributed by atoms with Gasteiger partial charge in [-0.1, -0.05) is 18.7 Å². The molecule has 1 saturated heterocycles. The summed E-state index contributed by atoms with van der Waals surface area (Å²) < 4.78 is 6.96. The molecule has 1 unspecified atom stereocenters. The Morgan fingerprint density at radius 3 is 3.07 bits per heavy atom. The lowest BCUT2D eigenvalue weighted by atomic mass is 10.3. The highest BCUT2D eigenvalue weighted by atomic mass is 32.2. The topological polar surface area (TPSA) is 63.2 Å². The van der Waals surface area contributed by atoms with Crippen molar-refractivity contribution in [3.05, 3.63) is 10.5 Å². The Morgan fingerprint density at radius 1 is 1.73 bits per heavy atom. The van der Waals surface area contributed by atoms with Gasteiger partial charge in [-0.15, -0.1) is 5.10 Å². The van der Waals surface area contributed by atoms with Gasteiger partial charge in [-0.2, -0.15) is 0 Å². The van der Waals surface area contributed by atoms with Crippen molar-refractivity contribution in [2.45, 2.75) is 37.6 Å². The molecule has 5 nitrogen and oxygen atoms in total. The fraction of sp³-hybridized carbons (Fsp3) is 0.778. The summed E-state index contributed by atoms with van der Waals surface area (Å²) >= 11 is 1.57. The van der Waals surface area contributed by atoms with Crippen molar-refractivity contribution in [1.82, 2.24) is 14.8 Å². The van der Waals surface area contributed by atoms with E-state index in [2.05, 4.69) is 17.1 Å². The summed E-state index contributed by atoms with van der Waals surface area (Å²) in [6.45, 7) is 5.63. The zero-order valence-corrected chi connectivity index (χ0v) is 9.76. The van der Waals surface area contributed by atoms with E-state index in [4.69, 9.17) is 4.74 Å². The van der Waals surface area contributed by atoms with Crippen molar-refractivity contribution in [1.29, 1.82) is 0 Å². The summed E-state index contributed by atoms with van der Waals surface area (Å²) in [6.07, 6.45) is 0.931. The van der Waals surface area contributed by atoms with Crippen LogP contribution in [-0.4, -0.2) is 32.7 Å². The van der Waals surface area contributed by atoms with Gasteiger partial charge in [0.15, 0.2) is 5.16 Å². The van der Waals surface area contributed by atoms with Crippen molar-refractivity contribution < 1.29 is 4.74 Å². The summed E-state index contributed by atoms with van der Waals surface area (Å²) in [7, 11) is 0. The first-order chi connectivity index (χ1) is 7.14. The Hall–Kier alpha value is -0.750. The largest absolute Gasteiger partial charge is 0.369 e. The van der Waals surface area contributed by atoms with Crippen molar-refractivity contribution >= 4 is 11.8 Å². The SMILES string of the molecule is CCCn1c(SCC2(C)CO2)n[nH]c1=O. The van der Waals surface area contributed by atoms with E-state index in [1.54, 1.807) is 16.3 Å². The van der Waals surface area contributed by atoms with E-state index in [9.17, 15) is 4.79 Å². The number of rotatable bonds is 5.